The van der Waals surface area contributed by atoms with E-state index in [0.717, 1.165) is 15.6 Å². The molecule has 3 rings (SSSR count). The van der Waals surface area contributed by atoms with Crippen molar-refractivity contribution in [3.05, 3.63) is 62.9 Å². The molecule has 0 saturated heterocycles. The van der Waals surface area contributed by atoms with Crippen molar-refractivity contribution in [1.29, 1.82) is 0 Å². The van der Waals surface area contributed by atoms with Crippen LogP contribution in [0.2, 0.25) is 0 Å². The van der Waals surface area contributed by atoms with Gasteiger partial charge in [-0.2, -0.15) is 0 Å². The zero-order valence-electron chi connectivity index (χ0n) is 11.2. The second kappa shape index (κ2) is 4.87. The molecule has 100 valence electrons. The summed E-state index contributed by atoms with van der Waals surface area (Å²) >= 11 is 3.50. The molecule has 0 atom stereocenters. The fraction of sp³-hybridized carbons (Fsp3) is 0.125. The molecule has 0 aliphatic carbocycles. The second-order valence-corrected chi connectivity index (χ2v) is 5.66. The van der Waals surface area contributed by atoms with Gasteiger partial charge in [-0.05, 0) is 40.5 Å². The molecule has 0 unspecified atom stereocenters. The van der Waals surface area contributed by atoms with E-state index < -0.39 is 0 Å². The molecule has 20 heavy (non-hydrogen) atoms. The number of hydrogen-bond donors (Lipinski definition) is 0. The maximum atomic E-state index is 12.5. The van der Waals surface area contributed by atoms with Gasteiger partial charge in [0, 0.05) is 17.1 Å². The maximum absolute atomic E-state index is 12.5. The lowest BCUT2D eigenvalue weighted by Crippen LogP contribution is -2.20. The Kier molecular flexibility index (Phi) is 3.18. The summed E-state index contributed by atoms with van der Waals surface area (Å²) in [5.74, 6) is 0.674. The Balaban J connectivity index is 2.42. The van der Waals surface area contributed by atoms with Crippen LogP contribution in [0.4, 0.5) is 0 Å². The summed E-state index contributed by atoms with van der Waals surface area (Å²) < 4.78 is 2.45. The highest BCUT2D eigenvalue weighted by atomic mass is 79.9. The third-order valence-electron chi connectivity index (χ3n) is 3.31. The summed E-state index contributed by atoms with van der Waals surface area (Å²) in [6.07, 6.45) is 0. The summed E-state index contributed by atoms with van der Waals surface area (Å²) in [5.41, 5.74) is 2.65. The normalized spacial score (nSPS) is 10.9. The lowest BCUT2D eigenvalue weighted by Gasteiger charge is -2.10. The van der Waals surface area contributed by atoms with Gasteiger partial charge in [0.25, 0.3) is 5.56 Å². The van der Waals surface area contributed by atoms with Gasteiger partial charge in [0.1, 0.15) is 5.82 Å². The van der Waals surface area contributed by atoms with Gasteiger partial charge in [-0.25, -0.2) is 4.98 Å². The molecule has 4 heteroatoms. The van der Waals surface area contributed by atoms with Crippen LogP contribution in [0.3, 0.4) is 0 Å². The molecule has 0 spiro atoms. The van der Waals surface area contributed by atoms with Crippen LogP contribution in [0.5, 0.6) is 0 Å². The Morgan fingerprint density at radius 2 is 1.85 bits per heavy atom. The first-order valence-electron chi connectivity index (χ1n) is 6.30. The van der Waals surface area contributed by atoms with Gasteiger partial charge in [-0.3, -0.25) is 9.36 Å². The van der Waals surface area contributed by atoms with Gasteiger partial charge in [0.15, 0.2) is 0 Å². The Labute approximate surface area is 125 Å². The lowest BCUT2D eigenvalue weighted by molar-refractivity contribution is 0.855. The van der Waals surface area contributed by atoms with Crippen LogP contribution in [-0.2, 0) is 7.05 Å². The third-order valence-corrected chi connectivity index (χ3v) is 3.91. The summed E-state index contributed by atoms with van der Waals surface area (Å²) in [5, 5.41) is 0.638. The van der Waals surface area contributed by atoms with Crippen molar-refractivity contribution in [2.45, 2.75) is 6.92 Å². The molecule has 3 aromatic rings. The summed E-state index contributed by atoms with van der Waals surface area (Å²) in [7, 11) is 1.76. The third kappa shape index (κ3) is 2.06. The van der Waals surface area contributed by atoms with Crippen molar-refractivity contribution in [3.63, 3.8) is 0 Å². The largest absolute Gasteiger partial charge is 0.295 e. The van der Waals surface area contributed by atoms with Gasteiger partial charge in [0.2, 0.25) is 0 Å². The highest BCUT2D eigenvalue weighted by Gasteiger charge is 2.12. The van der Waals surface area contributed by atoms with Crippen molar-refractivity contribution in [3.8, 4) is 11.4 Å². The molecule has 0 fully saturated rings. The summed E-state index contributed by atoms with van der Waals surface area (Å²) in [4.78, 5) is 17.2. The van der Waals surface area contributed by atoms with Crippen LogP contribution in [0.25, 0.3) is 22.3 Å². The number of benzene rings is 2. The van der Waals surface area contributed by atoms with Crippen LogP contribution >= 0.6 is 15.9 Å². The highest BCUT2D eigenvalue weighted by molar-refractivity contribution is 9.10. The van der Waals surface area contributed by atoms with E-state index in [1.54, 1.807) is 11.6 Å². The number of aryl methyl sites for hydroxylation is 1. The molecule has 1 aromatic heterocycles. The van der Waals surface area contributed by atoms with Crippen molar-refractivity contribution in [1.82, 2.24) is 9.55 Å². The average Bonchev–Trinajstić information content (AvgIpc) is 2.44. The topological polar surface area (TPSA) is 34.9 Å². The molecular formula is C16H13BrN2O. The molecule has 0 aliphatic heterocycles. The maximum Gasteiger partial charge on any atom is 0.261 e. The van der Waals surface area contributed by atoms with Crippen molar-refractivity contribution < 1.29 is 0 Å². The minimum atomic E-state index is -0.0294. The average molecular weight is 329 g/mol. The molecule has 0 bridgehead atoms. The van der Waals surface area contributed by atoms with E-state index in [2.05, 4.69) is 20.9 Å². The Bertz CT molecular complexity index is 854. The number of aromatic nitrogens is 2. The molecule has 0 N–H and O–H groups in total. The van der Waals surface area contributed by atoms with Crippen LogP contribution in [0.15, 0.2) is 51.7 Å². The van der Waals surface area contributed by atoms with Gasteiger partial charge in [-0.15, -0.1) is 0 Å². The van der Waals surface area contributed by atoms with Crippen LogP contribution in [0, 0.1) is 6.92 Å². The zero-order valence-corrected chi connectivity index (χ0v) is 12.8. The van der Waals surface area contributed by atoms with Gasteiger partial charge in [0.05, 0.1) is 10.9 Å². The molecule has 0 radical (unpaired) electrons. The first kappa shape index (κ1) is 13.1. The van der Waals surface area contributed by atoms with Crippen molar-refractivity contribution in [2.24, 2.45) is 7.05 Å². The van der Waals surface area contributed by atoms with E-state index in [1.165, 1.54) is 0 Å². The minimum absolute atomic E-state index is 0.0294. The van der Waals surface area contributed by atoms with Gasteiger partial charge >= 0.3 is 0 Å². The predicted octanol–water partition coefficient (Wildman–Crippen LogP) is 3.67. The Morgan fingerprint density at radius 1 is 1.15 bits per heavy atom. The molecule has 3 nitrogen and oxygen atoms in total. The SMILES string of the molecule is Cc1cc(Br)c2nc(-c3ccccc3)n(C)c(=O)c2c1. The Hall–Kier alpha value is -1.94. The first-order valence-corrected chi connectivity index (χ1v) is 7.09. The second-order valence-electron chi connectivity index (χ2n) is 4.81. The molecule has 2 aromatic carbocycles. The van der Waals surface area contributed by atoms with E-state index in [0.29, 0.717) is 16.7 Å². The van der Waals surface area contributed by atoms with Crippen LogP contribution < -0.4 is 5.56 Å². The van der Waals surface area contributed by atoms with E-state index in [1.807, 2.05) is 49.4 Å². The fourth-order valence-corrected chi connectivity index (χ4v) is 2.98. The van der Waals surface area contributed by atoms with Crippen molar-refractivity contribution in [2.75, 3.05) is 0 Å². The molecular weight excluding hydrogens is 316 g/mol. The number of nitrogens with zero attached hydrogens (tertiary/aromatic N) is 2. The molecule has 0 saturated carbocycles. The minimum Gasteiger partial charge on any atom is -0.295 e. The van der Waals surface area contributed by atoms with Gasteiger partial charge < -0.3 is 0 Å². The van der Waals surface area contributed by atoms with E-state index in [-0.39, 0.29) is 5.56 Å². The number of halogens is 1. The summed E-state index contributed by atoms with van der Waals surface area (Å²) in [6.45, 7) is 1.97. The van der Waals surface area contributed by atoms with E-state index in [4.69, 9.17) is 0 Å². The van der Waals surface area contributed by atoms with E-state index >= 15 is 0 Å². The monoisotopic (exact) mass is 328 g/mol. The fourth-order valence-electron chi connectivity index (χ4n) is 2.31. The smallest absolute Gasteiger partial charge is 0.261 e. The highest BCUT2D eigenvalue weighted by Crippen LogP contribution is 2.24. The first-order chi connectivity index (χ1) is 9.58. The lowest BCUT2D eigenvalue weighted by atomic mass is 10.1. The standard InChI is InChI=1S/C16H13BrN2O/c1-10-8-12-14(13(17)9-10)18-15(19(2)16(12)20)11-6-4-3-5-7-11/h3-9H,1-2H3. The van der Waals surface area contributed by atoms with Gasteiger partial charge in [-0.1, -0.05) is 30.3 Å². The molecule has 0 aliphatic rings. The van der Waals surface area contributed by atoms with E-state index in [9.17, 15) is 4.79 Å². The predicted molar refractivity (Wildman–Crippen MR) is 84.9 cm³/mol. The number of hydrogen-bond acceptors (Lipinski definition) is 2. The molecule has 0 amide bonds. The van der Waals surface area contributed by atoms with Crippen LogP contribution in [0.1, 0.15) is 5.56 Å². The Morgan fingerprint density at radius 3 is 2.55 bits per heavy atom. The zero-order chi connectivity index (χ0) is 14.3. The summed E-state index contributed by atoms with van der Waals surface area (Å²) in [6, 6.07) is 13.6. The quantitative estimate of drug-likeness (QED) is 0.683. The molecule has 1 heterocycles. The van der Waals surface area contributed by atoms with Crippen LogP contribution in [-0.4, -0.2) is 9.55 Å². The van der Waals surface area contributed by atoms with Crippen molar-refractivity contribution >= 4 is 26.8 Å². The number of rotatable bonds is 1. The number of fused-ring (bicyclic) bond motifs is 1.